The molecule has 4 aromatic rings. The van der Waals surface area contributed by atoms with Gasteiger partial charge >= 0.3 is 43.7 Å². The van der Waals surface area contributed by atoms with E-state index in [-0.39, 0.29) is 40.7 Å². The molecule has 4 rings (SSSR count). The molecule has 12 heteroatoms. The molecule has 0 fully saturated rings. The van der Waals surface area contributed by atoms with Crippen molar-refractivity contribution >= 4 is 13.4 Å². The van der Waals surface area contributed by atoms with Gasteiger partial charge in [-0.3, -0.25) is 0 Å². The van der Waals surface area contributed by atoms with Gasteiger partial charge in [0.1, 0.15) is 6.29 Å². The van der Waals surface area contributed by atoms with Crippen LogP contribution in [0.15, 0.2) is 85.7 Å². The Kier molecular flexibility index (Phi) is 18.1. The second kappa shape index (κ2) is 19.8. The average molecular weight is 581 g/mol. The number of carbonyl (C=O) groups is 1. The first-order valence-electron chi connectivity index (χ1n) is 10.6. The van der Waals surface area contributed by atoms with E-state index in [0.29, 0.717) is 0 Å². The van der Waals surface area contributed by atoms with Crippen molar-refractivity contribution in [1.82, 2.24) is 29.1 Å². The fourth-order valence-electron chi connectivity index (χ4n) is 3.31. The van der Waals surface area contributed by atoms with Crippen molar-refractivity contribution in [1.29, 1.82) is 0 Å². The van der Waals surface area contributed by atoms with Crippen LogP contribution in [0.4, 0.5) is 0 Å². The number of rotatable bonds is 9. The van der Waals surface area contributed by atoms with Crippen LogP contribution >= 0.6 is 0 Å². The Bertz CT molecular complexity index is 1020. The zero-order valence-electron chi connectivity index (χ0n) is 20.1. The van der Waals surface area contributed by atoms with Gasteiger partial charge in [0, 0.05) is 24.5 Å². The van der Waals surface area contributed by atoms with Crippen molar-refractivity contribution in [2.75, 3.05) is 6.61 Å². The van der Waals surface area contributed by atoms with E-state index >= 15 is 0 Å². The van der Waals surface area contributed by atoms with Gasteiger partial charge in [-0.15, -0.1) is 0 Å². The van der Waals surface area contributed by atoms with Crippen molar-refractivity contribution < 1.29 is 40.3 Å². The van der Waals surface area contributed by atoms with E-state index in [0.717, 1.165) is 17.8 Å². The van der Waals surface area contributed by atoms with Crippen LogP contribution in [-0.2, 0) is 35.2 Å². The van der Waals surface area contributed by atoms with E-state index in [1.54, 1.807) is 32.4 Å². The molecule has 3 heterocycles. The summed E-state index contributed by atoms with van der Waals surface area (Å²) in [7, 11) is -0.194. The van der Waals surface area contributed by atoms with Crippen LogP contribution in [0.2, 0.25) is 0 Å². The molecule has 2 atom stereocenters. The van der Waals surface area contributed by atoms with E-state index in [1.165, 1.54) is 0 Å². The van der Waals surface area contributed by atoms with Gasteiger partial charge < -0.3 is 23.7 Å². The van der Waals surface area contributed by atoms with Crippen LogP contribution in [-0.4, -0.2) is 54.2 Å². The van der Waals surface area contributed by atoms with Crippen LogP contribution in [0.1, 0.15) is 18.4 Å². The maximum Gasteiger partial charge on any atom is 2.00 e. The predicted molar refractivity (Wildman–Crippen MR) is 131 cm³/mol. The SMILES string of the molecule is [C-]#[O+].[C-]#[O+].[CH2][C](C)[CH]C(c1ccccc1)C(C=O)CO.[Mo+2].c1cnn([B-](n2cccn2)n2cccn2)c1. The minimum atomic E-state index is -0.404. The van der Waals surface area contributed by atoms with Gasteiger partial charge in [-0.25, -0.2) is 15.3 Å². The molecule has 3 aromatic heterocycles. The third-order valence-electron chi connectivity index (χ3n) is 4.78. The minimum Gasteiger partial charge on any atom is -0.425 e. The van der Waals surface area contributed by atoms with E-state index in [1.807, 2.05) is 80.5 Å². The van der Waals surface area contributed by atoms with Crippen LogP contribution in [0.3, 0.4) is 0 Å². The molecule has 10 nitrogen and oxygen atoms in total. The molecular formula is C25H26BMoN6O4+. The number of hydrogen-bond donors (Lipinski definition) is 1. The van der Waals surface area contributed by atoms with Gasteiger partial charge in [-0.05, 0) is 67.5 Å². The number of carbonyl (C=O) groups excluding carboxylic acids is 1. The molecule has 0 saturated heterocycles. The Morgan fingerprint density at radius 3 is 1.68 bits per heavy atom. The maximum absolute atomic E-state index is 10.9. The molecule has 0 spiro atoms. The van der Waals surface area contributed by atoms with Crippen molar-refractivity contribution in [3.63, 3.8) is 0 Å². The van der Waals surface area contributed by atoms with E-state index < -0.39 is 5.92 Å². The van der Waals surface area contributed by atoms with Gasteiger partial charge in [0.05, 0.1) is 6.61 Å². The zero-order chi connectivity index (χ0) is 26.8. The van der Waals surface area contributed by atoms with Crippen LogP contribution in [0, 0.1) is 38.5 Å². The first kappa shape index (κ1) is 33.7. The van der Waals surface area contributed by atoms with Crippen molar-refractivity contribution in [2.24, 2.45) is 5.92 Å². The molecule has 0 aliphatic heterocycles. The maximum atomic E-state index is 10.9. The number of aldehydes is 1. The molecule has 2 unspecified atom stereocenters. The number of benzene rings is 1. The molecule has 0 aliphatic rings. The second-order valence-electron chi connectivity index (χ2n) is 7.24. The van der Waals surface area contributed by atoms with Gasteiger partial charge in [0.2, 0.25) is 0 Å². The first-order chi connectivity index (χ1) is 17.6. The largest absolute Gasteiger partial charge is 2.00 e. The van der Waals surface area contributed by atoms with Crippen LogP contribution in [0.5, 0.6) is 0 Å². The summed E-state index contributed by atoms with van der Waals surface area (Å²) in [5, 5.41) is 21.9. The molecule has 0 amide bonds. The monoisotopic (exact) mass is 583 g/mol. The molecule has 188 valence electrons. The molecular weight excluding hydrogens is 555 g/mol. The fourth-order valence-corrected chi connectivity index (χ4v) is 3.31. The fraction of sp³-hybridized carbons (Fsp3) is 0.160. The summed E-state index contributed by atoms with van der Waals surface area (Å²) in [6, 6.07) is 15.3. The summed E-state index contributed by atoms with van der Waals surface area (Å²) < 4.78 is 20.4. The standard InChI is InChI=1S/C14H17O2.C9H9BN6.2CO.Mo/c1-11(2)8-14(13(9-15)10-16)12-6-4-3-5-7-12;1-4-11-14(7-1)10(15-8-2-5-12-15)16-9-3-6-13-16;2*1-2;/h3-9,13-14,16H,1,10H2,2H3;1-9H;;;/q;-1;;;+2. The normalized spacial score (nSPS) is 11.3. The van der Waals surface area contributed by atoms with Crippen LogP contribution < -0.4 is 0 Å². The molecule has 0 saturated carbocycles. The Balaban J connectivity index is 0.000000603. The quantitative estimate of drug-likeness (QED) is 0.140. The Hall–Kier alpha value is -3.29. The van der Waals surface area contributed by atoms with Crippen molar-refractivity contribution in [3.8, 4) is 0 Å². The van der Waals surface area contributed by atoms with Gasteiger partial charge in [-0.2, -0.15) is 0 Å². The minimum absolute atomic E-state index is 0. The Morgan fingerprint density at radius 2 is 1.38 bits per heavy atom. The number of aliphatic hydroxyl groups is 1. The van der Waals surface area contributed by atoms with Gasteiger partial charge in [0.15, 0.2) is 0 Å². The number of nitrogens with zero attached hydrogens (tertiary/aromatic N) is 6. The third kappa shape index (κ3) is 10.7. The average Bonchev–Trinajstić information content (AvgIpc) is 3.73. The van der Waals surface area contributed by atoms with Crippen LogP contribution in [0.25, 0.3) is 0 Å². The van der Waals surface area contributed by atoms with Crippen molar-refractivity contribution in [3.05, 3.63) is 124 Å². The molecule has 0 bridgehead atoms. The van der Waals surface area contributed by atoms with Crippen molar-refractivity contribution in [2.45, 2.75) is 12.8 Å². The topological polar surface area (TPSA) is 131 Å². The summed E-state index contributed by atoms with van der Waals surface area (Å²) in [5.41, 5.74) is 1.02. The van der Waals surface area contributed by atoms with Gasteiger partial charge in [-0.1, -0.05) is 37.3 Å². The zero-order valence-corrected chi connectivity index (χ0v) is 22.2. The third-order valence-corrected chi connectivity index (χ3v) is 4.78. The van der Waals surface area contributed by atoms with Gasteiger partial charge in [0.25, 0.3) is 7.12 Å². The van der Waals surface area contributed by atoms with E-state index in [4.69, 9.17) is 9.30 Å². The molecule has 37 heavy (non-hydrogen) atoms. The first-order valence-corrected chi connectivity index (χ1v) is 10.6. The van der Waals surface area contributed by atoms with E-state index in [9.17, 15) is 9.90 Å². The smallest absolute Gasteiger partial charge is 0.425 e. The predicted octanol–water partition coefficient (Wildman–Crippen LogP) is 2.34. The number of hydrogen-bond acceptors (Lipinski definition) is 5. The van der Waals surface area contributed by atoms with E-state index in [2.05, 4.69) is 35.5 Å². The molecule has 0 aliphatic carbocycles. The Morgan fingerprint density at radius 1 is 0.946 bits per heavy atom. The summed E-state index contributed by atoms with van der Waals surface area (Å²) in [4.78, 5) is 10.9. The summed E-state index contributed by atoms with van der Waals surface area (Å²) in [6.45, 7) is 14.6. The Labute approximate surface area is 231 Å². The number of aliphatic hydroxyl groups excluding tert-OH is 1. The summed E-state index contributed by atoms with van der Waals surface area (Å²) in [6.07, 6.45) is 13.6. The molecule has 4 radical (unpaired) electrons. The number of aromatic nitrogens is 6. The summed E-state index contributed by atoms with van der Waals surface area (Å²) >= 11 is 0. The second-order valence-corrected chi connectivity index (χ2v) is 7.24. The summed E-state index contributed by atoms with van der Waals surface area (Å²) in [5.74, 6) is 0.398. The molecule has 1 N–H and O–H groups in total. The molecule has 1 aromatic carbocycles.